The molecule has 0 bridgehead atoms. The maximum absolute atomic E-state index is 12.8. The molecule has 636 valence electrons. The zero-order valence-corrected chi connectivity index (χ0v) is 70.4. The molecule has 14 aromatic rings. The summed E-state index contributed by atoms with van der Waals surface area (Å²) in [5.41, 5.74) is 14.6. The number of ketones is 2. The number of fused-ring (bicyclic) bond motifs is 4. The number of carbonyl (C=O) groups excluding carboxylic acids is 3. The summed E-state index contributed by atoms with van der Waals surface area (Å²) >= 11 is 0. The van der Waals surface area contributed by atoms with Gasteiger partial charge in [-0.25, -0.2) is 26.4 Å². The molecule has 10 aromatic carbocycles. The fourth-order valence-corrected chi connectivity index (χ4v) is 15.0. The van der Waals surface area contributed by atoms with Gasteiger partial charge in [0.1, 0.15) is 34.5 Å². The maximum Gasteiger partial charge on any atom is 1.00 e. The third kappa shape index (κ3) is 28.2. The van der Waals surface area contributed by atoms with Gasteiger partial charge in [-0.2, -0.15) is 20.4 Å². The molecule has 6 N–H and O–H groups in total. The Labute approximate surface area is 714 Å². The van der Waals surface area contributed by atoms with Crippen molar-refractivity contribution in [3.05, 3.63) is 329 Å². The normalized spacial score (nSPS) is 10.3. The first-order valence-corrected chi connectivity index (χ1v) is 39.3. The summed E-state index contributed by atoms with van der Waals surface area (Å²) in [5.74, 6) is -1.27. The van der Waals surface area contributed by atoms with Gasteiger partial charge in [0.25, 0.3) is 0 Å². The van der Waals surface area contributed by atoms with E-state index in [9.17, 15) is 36.0 Å². The van der Waals surface area contributed by atoms with Crippen molar-refractivity contribution in [3.8, 4) is 23.0 Å². The van der Waals surface area contributed by atoms with Gasteiger partial charge in [-0.1, -0.05) is 146 Å². The summed E-state index contributed by atoms with van der Waals surface area (Å²) in [6, 6.07) is 65.2. The van der Waals surface area contributed by atoms with Gasteiger partial charge in [0.2, 0.25) is 0 Å². The Hall–Kier alpha value is -13.9. The molecule has 0 aliphatic carbocycles. The van der Waals surface area contributed by atoms with Gasteiger partial charge in [-0.05, 0) is 105 Å². The number of carboxylic acid groups (broad SMARTS) is 1. The predicted molar refractivity (Wildman–Crippen MR) is 455 cm³/mol. The Balaban J connectivity index is 0.000000325. The number of esters is 1. The number of carboxylic acids is 1. The second-order valence-corrected chi connectivity index (χ2v) is 29.5. The van der Waals surface area contributed by atoms with Crippen LogP contribution in [0, 0.1) is 44.2 Å². The summed E-state index contributed by atoms with van der Waals surface area (Å²) in [7, 11) is 4.22. The van der Waals surface area contributed by atoms with Gasteiger partial charge in [0.15, 0.2) is 52.4 Å². The van der Waals surface area contributed by atoms with Gasteiger partial charge in [0.05, 0.1) is 130 Å². The van der Waals surface area contributed by atoms with Crippen molar-refractivity contribution < 1.29 is 109 Å². The Morgan fingerprint density at radius 2 is 0.623 bits per heavy atom. The smallest absolute Gasteiger partial charge is 0.870 e. The Kier molecular flexibility index (Phi) is 39.8. The van der Waals surface area contributed by atoms with E-state index in [0.29, 0.717) is 77.0 Å². The summed E-state index contributed by atoms with van der Waals surface area (Å²) in [5, 5.41) is 57.3. The van der Waals surface area contributed by atoms with Gasteiger partial charge in [-0.15, -0.1) is 0 Å². The van der Waals surface area contributed by atoms with Crippen LogP contribution in [0.4, 0.5) is 0 Å². The van der Waals surface area contributed by atoms with Crippen molar-refractivity contribution >= 4 is 86.8 Å². The van der Waals surface area contributed by atoms with Gasteiger partial charge in [-0.3, -0.25) is 58.7 Å². The molecule has 0 saturated carbocycles. The molecule has 0 aliphatic heterocycles. The first kappa shape index (κ1) is 100. The maximum atomic E-state index is 12.8. The first-order chi connectivity index (χ1) is 56.9. The molecule has 0 atom stereocenters. The topological polar surface area (TPSA) is 491 Å². The van der Waals surface area contributed by atoms with Crippen LogP contribution in [0.2, 0.25) is 0 Å². The molecule has 0 aliphatic rings. The molecule has 0 amide bonds. The predicted octanol–water partition coefficient (Wildman–Crippen LogP) is 9.04. The summed E-state index contributed by atoms with van der Waals surface area (Å²) in [4.78, 5) is 73.4. The third-order valence-corrected chi connectivity index (χ3v) is 21.0. The molecular weight excluding hydrogens is 1610 g/mol. The van der Waals surface area contributed by atoms with Gasteiger partial charge in [0, 0.05) is 69.7 Å². The van der Waals surface area contributed by atoms with Crippen molar-refractivity contribution in [2.24, 2.45) is 5.73 Å². The van der Waals surface area contributed by atoms with Gasteiger partial charge >= 0.3 is 30.8 Å². The number of ether oxygens (including phenoxy) is 5. The van der Waals surface area contributed by atoms with Crippen LogP contribution in [0.15, 0.2) is 253 Å². The van der Waals surface area contributed by atoms with Crippen LogP contribution in [0.5, 0.6) is 23.0 Å². The molecule has 0 unspecified atom stereocenters. The SMILES string of the molecule is CN.COC(=O)c1ccc(Cn2ncc3ccccc32)c(OC)c1.COc1cc(C(=O)CS(=O)(=O)c2ccccc2C)ccc1Cn1ncc2ccccc21.COc1cc(C(=O)CS(=O)(=O)c2ccccc2C)ccc1Cn1ncc2ccccc21.COc1cc(C(=O)O)ccc1Cn1ncc2ccccc21.C[N+](=O)[O-].C[N+](=O)[O-].C[N+](=O)[O-].O.[Li+].[OH-]. The molecule has 4 aromatic heterocycles. The number of aryl methyl sites for hydroxylation is 2. The van der Waals surface area contributed by atoms with Crippen molar-refractivity contribution in [1.29, 1.82) is 0 Å². The first-order valence-electron chi connectivity index (χ1n) is 36.0. The van der Waals surface area contributed by atoms with Gasteiger partial charge < -0.3 is 45.5 Å². The Bertz CT molecular complexity index is 5900. The number of aromatic nitrogens is 8. The number of methoxy groups -OCH3 is 5. The number of rotatable bonds is 22. The van der Waals surface area contributed by atoms with E-state index >= 15 is 0 Å². The zero-order valence-electron chi connectivity index (χ0n) is 68.8. The number of Topliss-reactive ketones (excluding diaryl/α,β-unsaturated/α-hetero) is 2. The number of aromatic carboxylic acids is 1. The van der Waals surface area contributed by atoms with E-state index in [2.05, 4.69) is 26.1 Å². The van der Waals surface area contributed by atoms with E-state index < -0.39 is 63.5 Å². The van der Waals surface area contributed by atoms with Crippen LogP contribution in [0.25, 0.3) is 43.6 Å². The third-order valence-electron chi connectivity index (χ3n) is 17.4. The van der Waals surface area contributed by atoms with Crippen LogP contribution < -0.4 is 43.5 Å². The molecule has 0 saturated heterocycles. The molecule has 0 spiro atoms. The number of hydrogen-bond donors (Lipinski definition) is 2. The van der Waals surface area contributed by atoms with E-state index in [1.165, 1.54) is 53.7 Å². The molecule has 122 heavy (non-hydrogen) atoms. The summed E-state index contributed by atoms with van der Waals surface area (Å²) in [6.45, 7) is 5.45. The van der Waals surface area contributed by atoms with Crippen molar-refractivity contribution in [1.82, 2.24) is 39.1 Å². The number of benzene rings is 10. The Morgan fingerprint density at radius 1 is 0.393 bits per heavy atom. The number of nitrogens with zero attached hydrogens (tertiary/aromatic N) is 11. The fourth-order valence-electron chi connectivity index (χ4n) is 12.0. The minimum absolute atomic E-state index is 0. The van der Waals surface area contributed by atoms with E-state index in [4.69, 9.17) is 59.1 Å². The fraction of sp³-hybridized carbons (Fsp3) is 0.200. The largest absolute Gasteiger partial charge is 1.00 e. The second kappa shape index (κ2) is 48.3. The molecule has 37 heteroatoms. The average molecular weight is 1700 g/mol. The summed E-state index contributed by atoms with van der Waals surface area (Å²) < 4.78 is 84.8. The summed E-state index contributed by atoms with van der Waals surface area (Å²) in [6.07, 6.45) is 7.25. The number of nitro groups is 3. The van der Waals surface area contributed by atoms with E-state index in [1.54, 1.807) is 130 Å². The van der Waals surface area contributed by atoms with Crippen LogP contribution in [-0.2, 0) is 50.6 Å². The average Bonchev–Trinajstić information content (AvgIpc) is 1.80. The van der Waals surface area contributed by atoms with E-state index in [0.717, 1.165) is 87.0 Å². The molecule has 0 radical (unpaired) electrons. The van der Waals surface area contributed by atoms with E-state index in [-0.39, 0.29) is 51.1 Å². The number of sulfone groups is 2. The standard InChI is InChI=1S/2C24H22N2O4S.C17H16N2O3.C16H14N2O3.3CH3NO2.CH5N.Li.2H2O/c2*1-17-7-3-6-10-24(17)31(28,29)16-22(27)18-11-12-20(23(13-18)30-2)15-26-21-9-5-4-8-19(21)14-25-26;1-21-16-9-12(17(20)22-2)7-8-14(16)11-19-15-6-4-3-5-13(15)10-18-19;1-21-15-8-11(16(19)20)6-7-13(15)10-18-14-5-3-2-4-12(14)9-17-18;3*1-2(3)4;1-2;;;/h2*3-14H,15-16H2,1-2H3;3-10H,11H2,1-2H3;2-9H,10H2,1H3,(H,19,20);3*1H3;2H2,1H3;;2*1H2/q;;;;;;;;+1;;/p-1. The minimum atomic E-state index is -3.74. The molecular formula is C85H91LiN12O22S2. The van der Waals surface area contributed by atoms with Crippen molar-refractivity contribution in [3.63, 3.8) is 0 Å². The van der Waals surface area contributed by atoms with Crippen LogP contribution in [0.1, 0.15) is 74.8 Å². The second-order valence-electron chi connectivity index (χ2n) is 25.6. The molecule has 4 heterocycles. The van der Waals surface area contributed by atoms with Crippen LogP contribution in [-0.4, -0.2) is 186 Å². The molecule has 14 rings (SSSR count). The molecule has 34 nitrogen and oxygen atoms in total. The van der Waals surface area contributed by atoms with E-state index in [1.807, 2.05) is 134 Å². The number of carbonyl (C=O) groups is 4. The van der Waals surface area contributed by atoms with Crippen molar-refractivity contribution in [2.75, 3.05) is 75.2 Å². The minimum Gasteiger partial charge on any atom is -0.870 e. The monoisotopic (exact) mass is 1700 g/mol. The Morgan fingerprint density at radius 3 is 0.877 bits per heavy atom. The number of hydrogen-bond acceptors (Lipinski definition) is 25. The quantitative estimate of drug-likeness (QED) is 0.0210. The van der Waals surface area contributed by atoms with Crippen LogP contribution in [0.3, 0.4) is 0 Å². The zero-order chi connectivity index (χ0) is 87.1. The van der Waals surface area contributed by atoms with Crippen LogP contribution >= 0.6 is 0 Å². The number of para-hydroxylation sites is 4. The molecule has 0 fully saturated rings. The number of nitrogens with two attached hydrogens (primary N) is 1. The van der Waals surface area contributed by atoms with Crippen molar-refractivity contribution in [2.45, 2.75) is 49.8 Å².